The van der Waals surface area contributed by atoms with Crippen LogP contribution in [0.1, 0.15) is 12.3 Å². The zero-order valence-corrected chi connectivity index (χ0v) is 16.6. The van der Waals surface area contributed by atoms with E-state index in [1.165, 1.54) is 11.3 Å². The normalized spacial score (nSPS) is 11.1. The highest BCUT2D eigenvalue weighted by molar-refractivity contribution is 7.13. The van der Waals surface area contributed by atoms with E-state index >= 15 is 0 Å². The molecule has 0 atom stereocenters. The van der Waals surface area contributed by atoms with Crippen molar-refractivity contribution >= 4 is 33.9 Å². The minimum atomic E-state index is -0.137. The van der Waals surface area contributed by atoms with Crippen LogP contribution < -0.4 is 5.32 Å². The van der Waals surface area contributed by atoms with Crippen LogP contribution in [0.4, 0.5) is 5.69 Å². The number of anilines is 1. The number of hydrogen-bond acceptors (Lipinski definition) is 7. The van der Waals surface area contributed by atoms with E-state index in [2.05, 4.69) is 20.5 Å². The molecule has 0 unspecified atom stereocenters. The van der Waals surface area contributed by atoms with Gasteiger partial charge in [-0.2, -0.15) is 0 Å². The van der Waals surface area contributed by atoms with Gasteiger partial charge in [-0.15, -0.1) is 21.5 Å². The largest absolute Gasteiger partial charge is 0.451 e. The molecule has 0 spiro atoms. The molecule has 5 rings (SSSR count). The zero-order valence-electron chi connectivity index (χ0n) is 15.7. The van der Waals surface area contributed by atoms with Crippen molar-refractivity contribution in [3.63, 3.8) is 0 Å². The van der Waals surface area contributed by atoms with Crippen LogP contribution in [0.2, 0.25) is 0 Å². The second-order valence-corrected chi connectivity index (χ2v) is 7.48. The zero-order chi connectivity index (χ0) is 20.3. The molecule has 8 heteroatoms. The maximum absolute atomic E-state index is 12.5. The van der Waals surface area contributed by atoms with Crippen LogP contribution in [0.15, 0.2) is 75.0 Å². The van der Waals surface area contributed by atoms with Crippen LogP contribution in [0.5, 0.6) is 0 Å². The van der Waals surface area contributed by atoms with E-state index < -0.39 is 0 Å². The fraction of sp³-hybridized carbons (Fsp3) is 0.0909. The molecule has 0 aliphatic heterocycles. The van der Waals surface area contributed by atoms with E-state index in [-0.39, 0.29) is 12.3 Å². The Morgan fingerprint density at radius 1 is 1.03 bits per heavy atom. The molecule has 5 aromatic rings. The molecular formula is C22H16N4O3S. The lowest BCUT2D eigenvalue weighted by atomic mass is 10.1. The summed E-state index contributed by atoms with van der Waals surface area (Å²) in [4.78, 5) is 16.8. The lowest BCUT2D eigenvalue weighted by Gasteiger charge is -2.08. The third-order valence-electron chi connectivity index (χ3n) is 4.53. The quantitative estimate of drug-likeness (QED) is 0.410. The predicted molar refractivity (Wildman–Crippen MR) is 114 cm³/mol. The summed E-state index contributed by atoms with van der Waals surface area (Å²) in [5, 5.41) is 14.8. The highest BCUT2D eigenvalue weighted by Crippen LogP contribution is 2.30. The Kier molecular flexibility index (Phi) is 4.82. The number of rotatable bonds is 6. The number of fused-ring (bicyclic) bond motifs is 1. The number of furan rings is 1. The van der Waals surface area contributed by atoms with Crippen LogP contribution in [0.25, 0.3) is 33.2 Å². The third-order valence-corrected chi connectivity index (χ3v) is 5.34. The molecule has 1 amide bonds. The van der Waals surface area contributed by atoms with Gasteiger partial charge in [-0.05, 0) is 24.3 Å². The molecule has 0 saturated heterocycles. The van der Waals surface area contributed by atoms with Crippen LogP contribution >= 0.6 is 11.3 Å². The number of aryl methyl sites for hydroxylation is 1. The summed E-state index contributed by atoms with van der Waals surface area (Å²) in [5.74, 6) is 1.06. The number of benzene rings is 2. The predicted octanol–water partition coefficient (Wildman–Crippen LogP) is 5.18. The molecule has 0 radical (unpaired) electrons. The average Bonchev–Trinajstić information content (AvgIpc) is 3.53. The Morgan fingerprint density at radius 2 is 1.90 bits per heavy atom. The molecule has 3 heterocycles. The molecular weight excluding hydrogens is 400 g/mol. The van der Waals surface area contributed by atoms with Crippen molar-refractivity contribution in [2.75, 3.05) is 5.32 Å². The molecule has 1 N–H and O–H groups in total. The summed E-state index contributed by atoms with van der Waals surface area (Å²) in [5.41, 5.74) is 2.38. The maximum atomic E-state index is 12.5. The number of carbonyl (C=O) groups is 1. The van der Waals surface area contributed by atoms with E-state index in [0.717, 1.165) is 27.2 Å². The third kappa shape index (κ3) is 3.72. The second-order valence-electron chi connectivity index (χ2n) is 6.58. The van der Waals surface area contributed by atoms with E-state index in [1.807, 2.05) is 60.0 Å². The summed E-state index contributed by atoms with van der Waals surface area (Å²) in [7, 11) is 0. The maximum Gasteiger partial charge on any atom is 0.283 e. The minimum Gasteiger partial charge on any atom is -0.451 e. The monoisotopic (exact) mass is 416 g/mol. The van der Waals surface area contributed by atoms with Crippen molar-refractivity contribution in [1.82, 2.24) is 15.2 Å². The first-order chi connectivity index (χ1) is 14.8. The Labute approximate surface area is 175 Å². The van der Waals surface area contributed by atoms with Crippen LogP contribution in [-0.4, -0.2) is 21.1 Å². The van der Waals surface area contributed by atoms with E-state index in [1.54, 1.807) is 6.20 Å². The van der Waals surface area contributed by atoms with E-state index in [9.17, 15) is 4.79 Å². The smallest absolute Gasteiger partial charge is 0.283 e. The van der Waals surface area contributed by atoms with Gasteiger partial charge in [0.2, 0.25) is 11.8 Å². The van der Waals surface area contributed by atoms with Gasteiger partial charge in [0, 0.05) is 35.4 Å². The highest BCUT2D eigenvalue weighted by atomic mass is 32.1. The molecule has 0 saturated carbocycles. The van der Waals surface area contributed by atoms with Gasteiger partial charge in [0.25, 0.3) is 5.89 Å². The Hall–Kier alpha value is -3.78. The molecule has 7 nitrogen and oxygen atoms in total. The van der Waals surface area contributed by atoms with Crippen LogP contribution in [-0.2, 0) is 11.2 Å². The van der Waals surface area contributed by atoms with Crippen LogP contribution in [0.3, 0.4) is 0 Å². The van der Waals surface area contributed by atoms with Crippen molar-refractivity contribution in [1.29, 1.82) is 0 Å². The van der Waals surface area contributed by atoms with Gasteiger partial charge < -0.3 is 14.2 Å². The van der Waals surface area contributed by atoms with Gasteiger partial charge in [0.15, 0.2) is 5.76 Å². The summed E-state index contributed by atoms with van der Waals surface area (Å²) in [6.07, 6.45) is 2.29. The van der Waals surface area contributed by atoms with Gasteiger partial charge in [-0.3, -0.25) is 4.79 Å². The molecule has 30 heavy (non-hydrogen) atoms. The van der Waals surface area contributed by atoms with Gasteiger partial charge in [0.1, 0.15) is 10.6 Å². The number of carbonyl (C=O) groups excluding carboxylic acids is 1. The molecule has 148 valence electrons. The first-order valence-corrected chi connectivity index (χ1v) is 10.2. The molecule has 3 aromatic heterocycles. The summed E-state index contributed by atoms with van der Waals surface area (Å²) in [6.45, 7) is 0. The number of thiazole rings is 1. The lowest BCUT2D eigenvalue weighted by Crippen LogP contribution is -2.13. The van der Waals surface area contributed by atoms with Crippen molar-refractivity contribution in [2.24, 2.45) is 0 Å². The molecule has 0 fully saturated rings. The fourth-order valence-electron chi connectivity index (χ4n) is 3.11. The first kappa shape index (κ1) is 18.3. The van der Waals surface area contributed by atoms with Crippen molar-refractivity contribution in [2.45, 2.75) is 12.8 Å². The van der Waals surface area contributed by atoms with Gasteiger partial charge >= 0.3 is 0 Å². The van der Waals surface area contributed by atoms with Crippen molar-refractivity contribution in [3.05, 3.63) is 72.1 Å². The fourth-order valence-corrected chi connectivity index (χ4v) is 3.79. The van der Waals surface area contributed by atoms with E-state index in [0.29, 0.717) is 24.0 Å². The number of para-hydroxylation sites is 2. The summed E-state index contributed by atoms with van der Waals surface area (Å²) >= 11 is 1.52. The molecule has 2 aromatic carbocycles. The lowest BCUT2D eigenvalue weighted by molar-refractivity contribution is -0.116. The van der Waals surface area contributed by atoms with Gasteiger partial charge in [0.05, 0.1) is 5.69 Å². The Balaban J connectivity index is 1.25. The number of hydrogen-bond donors (Lipinski definition) is 1. The SMILES string of the molecule is O=C(CCc1nnc(-c2cc3ccccc3o2)o1)Nc1ccccc1-c1nccs1. The standard InChI is InChI=1S/C22H16N4O3S/c27-19(24-16-7-3-2-6-15(16)22-23-11-12-30-22)9-10-20-25-26-21(29-20)18-13-14-5-1-4-8-17(14)28-18/h1-8,11-13H,9-10H2,(H,24,27). The highest BCUT2D eigenvalue weighted by Gasteiger charge is 2.15. The molecule has 0 aliphatic rings. The average molecular weight is 416 g/mol. The minimum absolute atomic E-state index is 0.137. The Bertz CT molecular complexity index is 1270. The number of aromatic nitrogens is 3. The topological polar surface area (TPSA) is 94.0 Å². The van der Waals surface area contributed by atoms with Gasteiger partial charge in [-0.25, -0.2) is 4.98 Å². The second kappa shape index (κ2) is 7.92. The van der Waals surface area contributed by atoms with Crippen molar-refractivity contribution < 1.29 is 13.6 Å². The first-order valence-electron chi connectivity index (χ1n) is 9.36. The molecule has 0 bridgehead atoms. The molecule has 0 aliphatic carbocycles. The number of nitrogens with one attached hydrogen (secondary N) is 1. The van der Waals surface area contributed by atoms with Gasteiger partial charge in [-0.1, -0.05) is 30.3 Å². The number of amides is 1. The van der Waals surface area contributed by atoms with E-state index in [4.69, 9.17) is 8.83 Å². The Morgan fingerprint density at radius 3 is 2.77 bits per heavy atom. The summed E-state index contributed by atoms with van der Waals surface area (Å²) in [6, 6.07) is 17.1. The number of nitrogens with zero attached hydrogens (tertiary/aromatic N) is 3. The van der Waals surface area contributed by atoms with Crippen molar-refractivity contribution in [3.8, 4) is 22.2 Å². The summed E-state index contributed by atoms with van der Waals surface area (Å²) < 4.78 is 11.4. The van der Waals surface area contributed by atoms with Crippen LogP contribution in [0, 0.1) is 0 Å².